The number of alkyl halides is 3. The first-order valence-electron chi connectivity index (χ1n) is 8.68. The van der Waals surface area contributed by atoms with Crippen molar-refractivity contribution >= 4 is 28.7 Å². The van der Waals surface area contributed by atoms with Crippen LogP contribution in [0.5, 0.6) is 0 Å². The molecule has 3 N–H and O–H groups in total. The molecule has 28 heavy (non-hydrogen) atoms. The van der Waals surface area contributed by atoms with Crippen molar-refractivity contribution in [2.75, 3.05) is 22.5 Å². The first kappa shape index (κ1) is 19.5. The molecular weight excluding hydrogens is 367 g/mol. The fourth-order valence-corrected chi connectivity index (χ4v) is 2.86. The Labute approximate surface area is 161 Å². The van der Waals surface area contributed by atoms with Gasteiger partial charge in [0.2, 0.25) is 0 Å². The number of halogens is 3. The van der Waals surface area contributed by atoms with Crippen LogP contribution in [0, 0.1) is 6.92 Å². The molecule has 3 rings (SSSR count). The van der Waals surface area contributed by atoms with Crippen LogP contribution in [0.25, 0.3) is 0 Å². The number of hydrogen-bond donors (Lipinski definition) is 2. The van der Waals surface area contributed by atoms with E-state index in [9.17, 15) is 13.2 Å². The van der Waals surface area contributed by atoms with Crippen molar-refractivity contribution in [3.8, 4) is 0 Å². The summed E-state index contributed by atoms with van der Waals surface area (Å²) in [5.41, 5.74) is 8.00. The number of nitrogens with two attached hydrogens (primary N) is 1. The molecule has 0 fully saturated rings. The molecule has 0 spiro atoms. The van der Waals surface area contributed by atoms with Gasteiger partial charge >= 0.3 is 6.18 Å². The van der Waals surface area contributed by atoms with E-state index in [0.29, 0.717) is 12.4 Å². The van der Waals surface area contributed by atoms with Crippen molar-refractivity contribution in [1.29, 1.82) is 0 Å². The molecule has 0 radical (unpaired) electrons. The molecule has 146 valence electrons. The Morgan fingerprint density at radius 3 is 2.50 bits per heavy atom. The Hall–Kier alpha value is -3.29. The molecular formula is C20H20F3N5. The van der Waals surface area contributed by atoms with E-state index in [-0.39, 0.29) is 17.2 Å². The molecule has 5 nitrogen and oxygen atoms in total. The summed E-state index contributed by atoms with van der Waals surface area (Å²) in [6.07, 6.45) is -3.09. The quantitative estimate of drug-likeness (QED) is 0.623. The summed E-state index contributed by atoms with van der Waals surface area (Å²) in [5, 5.41) is 2.86. The SMILES string of the molecule is CCN(c1cccc(C)c1)c1ncnc(Nc2cccc(C(F)(F)F)c2)c1N. The van der Waals surface area contributed by atoms with Gasteiger partial charge in [-0.3, -0.25) is 0 Å². The maximum Gasteiger partial charge on any atom is 0.416 e. The van der Waals surface area contributed by atoms with Crippen molar-refractivity contribution in [3.05, 3.63) is 66.0 Å². The van der Waals surface area contributed by atoms with Crippen molar-refractivity contribution in [2.24, 2.45) is 0 Å². The van der Waals surface area contributed by atoms with Crippen LogP contribution in [0.1, 0.15) is 18.1 Å². The summed E-state index contributed by atoms with van der Waals surface area (Å²) >= 11 is 0. The van der Waals surface area contributed by atoms with Crippen LogP contribution in [0.2, 0.25) is 0 Å². The lowest BCUT2D eigenvalue weighted by Crippen LogP contribution is -2.20. The second-order valence-corrected chi connectivity index (χ2v) is 6.25. The van der Waals surface area contributed by atoms with E-state index in [4.69, 9.17) is 5.73 Å². The molecule has 0 aliphatic rings. The van der Waals surface area contributed by atoms with Gasteiger partial charge in [-0.15, -0.1) is 0 Å². The first-order chi connectivity index (χ1) is 13.3. The van der Waals surface area contributed by atoms with Crippen LogP contribution in [-0.2, 0) is 6.18 Å². The van der Waals surface area contributed by atoms with Crippen LogP contribution >= 0.6 is 0 Å². The molecule has 0 saturated carbocycles. The standard InChI is InChI=1S/C20H20F3N5/c1-3-28(16-9-4-6-13(2)10-16)19-17(24)18(25-12-26-19)27-15-8-5-7-14(11-15)20(21,22)23/h4-12H,3,24H2,1-2H3,(H,25,26,27). The Bertz CT molecular complexity index is 972. The van der Waals surface area contributed by atoms with E-state index in [2.05, 4.69) is 15.3 Å². The smallest absolute Gasteiger partial charge is 0.393 e. The Balaban J connectivity index is 1.95. The lowest BCUT2D eigenvalue weighted by molar-refractivity contribution is -0.137. The summed E-state index contributed by atoms with van der Waals surface area (Å²) in [4.78, 5) is 10.3. The van der Waals surface area contributed by atoms with Crippen molar-refractivity contribution in [3.63, 3.8) is 0 Å². The fourth-order valence-electron chi connectivity index (χ4n) is 2.86. The molecule has 8 heteroatoms. The number of nitrogens with zero attached hydrogens (tertiary/aromatic N) is 3. The van der Waals surface area contributed by atoms with Crippen LogP contribution in [-0.4, -0.2) is 16.5 Å². The second-order valence-electron chi connectivity index (χ2n) is 6.25. The van der Waals surface area contributed by atoms with Gasteiger partial charge in [0.05, 0.1) is 5.56 Å². The lowest BCUT2D eigenvalue weighted by atomic mass is 10.2. The monoisotopic (exact) mass is 387 g/mol. The minimum atomic E-state index is -4.43. The molecule has 1 aromatic heterocycles. The zero-order chi connectivity index (χ0) is 20.3. The van der Waals surface area contributed by atoms with E-state index in [0.717, 1.165) is 23.4 Å². The highest BCUT2D eigenvalue weighted by Gasteiger charge is 2.30. The maximum atomic E-state index is 12.9. The van der Waals surface area contributed by atoms with Crippen LogP contribution < -0.4 is 16.0 Å². The van der Waals surface area contributed by atoms with Gasteiger partial charge in [-0.05, 0) is 49.7 Å². The Kier molecular flexibility index (Phi) is 5.39. The van der Waals surface area contributed by atoms with Crippen molar-refractivity contribution in [2.45, 2.75) is 20.0 Å². The van der Waals surface area contributed by atoms with Gasteiger partial charge in [-0.25, -0.2) is 9.97 Å². The predicted molar refractivity (Wildman–Crippen MR) is 105 cm³/mol. The highest BCUT2D eigenvalue weighted by Crippen LogP contribution is 2.35. The maximum absolute atomic E-state index is 12.9. The largest absolute Gasteiger partial charge is 0.416 e. The normalized spacial score (nSPS) is 11.3. The summed E-state index contributed by atoms with van der Waals surface area (Å²) in [5.74, 6) is 0.730. The fraction of sp³-hybridized carbons (Fsp3) is 0.200. The molecule has 0 aliphatic heterocycles. The molecule has 0 atom stereocenters. The number of nitrogens with one attached hydrogen (secondary N) is 1. The number of anilines is 5. The topological polar surface area (TPSA) is 67.1 Å². The molecule has 2 aromatic carbocycles. The van der Waals surface area contributed by atoms with Crippen LogP contribution in [0.3, 0.4) is 0 Å². The minimum Gasteiger partial charge on any atom is -0.393 e. The van der Waals surface area contributed by atoms with Crippen LogP contribution in [0.4, 0.5) is 41.9 Å². The number of hydrogen-bond acceptors (Lipinski definition) is 5. The lowest BCUT2D eigenvalue weighted by Gasteiger charge is -2.24. The van der Waals surface area contributed by atoms with Gasteiger partial charge in [0.15, 0.2) is 11.6 Å². The predicted octanol–water partition coefficient (Wildman–Crippen LogP) is 5.29. The average Bonchev–Trinajstić information content (AvgIpc) is 2.65. The van der Waals surface area contributed by atoms with E-state index in [1.807, 2.05) is 43.0 Å². The minimum absolute atomic E-state index is 0.241. The van der Waals surface area contributed by atoms with Gasteiger partial charge < -0.3 is 16.0 Å². The Morgan fingerprint density at radius 2 is 1.82 bits per heavy atom. The Morgan fingerprint density at radius 1 is 1.07 bits per heavy atom. The summed E-state index contributed by atoms with van der Waals surface area (Å²) in [6, 6.07) is 12.7. The number of rotatable bonds is 5. The van der Waals surface area contributed by atoms with Gasteiger partial charge in [-0.1, -0.05) is 18.2 Å². The number of aryl methyl sites for hydroxylation is 1. The average molecular weight is 387 g/mol. The van der Waals surface area contributed by atoms with E-state index in [1.165, 1.54) is 18.5 Å². The molecule has 1 heterocycles. The number of benzene rings is 2. The van der Waals surface area contributed by atoms with E-state index in [1.54, 1.807) is 0 Å². The molecule has 0 amide bonds. The van der Waals surface area contributed by atoms with Gasteiger partial charge in [0.25, 0.3) is 0 Å². The number of nitrogen functional groups attached to an aromatic ring is 1. The molecule has 0 bridgehead atoms. The van der Waals surface area contributed by atoms with E-state index < -0.39 is 11.7 Å². The summed E-state index contributed by atoms with van der Waals surface area (Å²) in [7, 11) is 0. The zero-order valence-electron chi connectivity index (χ0n) is 15.5. The third-order valence-electron chi connectivity index (χ3n) is 4.20. The van der Waals surface area contributed by atoms with Crippen LogP contribution in [0.15, 0.2) is 54.9 Å². The molecule has 0 unspecified atom stereocenters. The second kappa shape index (κ2) is 7.75. The number of aromatic nitrogens is 2. The molecule has 0 aliphatic carbocycles. The molecule has 0 saturated heterocycles. The summed E-state index contributed by atoms with van der Waals surface area (Å²) in [6.45, 7) is 4.55. The zero-order valence-corrected chi connectivity index (χ0v) is 15.5. The van der Waals surface area contributed by atoms with Crippen molar-refractivity contribution < 1.29 is 13.2 Å². The van der Waals surface area contributed by atoms with Gasteiger partial charge in [-0.2, -0.15) is 13.2 Å². The van der Waals surface area contributed by atoms with Crippen molar-refractivity contribution in [1.82, 2.24) is 9.97 Å². The third-order valence-corrected chi connectivity index (χ3v) is 4.20. The van der Waals surface area contributed by atoms with E-state index >= 15 is 0 Å². The molecule has 3 aromatic rings. The highest BCUT2D eigenvalue weighted by atomic mass is 19.4. The summed E-state index contributed by atoms with van der Waals surface area (Å²) < 4.78 is 38.8. The first-order valence-corrected chi connectivity index (χ1v) is 8.68. The highest BCUT2D eigenvalue weighted by molar-refractivity contribution is 5.81. The van der Waals surface area contributed by atoms with Gasteiger partial charge in [0.1, 0.15) is 12.0 Å². The third kappa shape index (κ3) is 4.16. The van der Waals surface area contributed by atoms with Gasteiger partial charge in [0, 0.05) is 17.9 Å².